The van der Waals surface area contributed by atoms with E-state index in [-0.39, 0.29) is 0 Å². The lowest BCUT2D eigenvalue weighted by atomic mass is 10.2. The molecule has 0 atom stereocenters. The van der Waals surface area contributed by atoms with Crippen LogP contribution in [0.3, 0.4) is 0 Å². The van der Waals surface area contributed by atoms with Crippen LogP contribution in [0.15, 0.2) is 30.3 Å². The fraction of sp³-hybridized carbons (Fsp3) is 0.500. The van der Waals surface area contributed by atoms with Crippen molar-refractivity contribution in [3.05, 3.63) is 41.3 Å². The highest BCUT2D eigenvalue weighted by molar-refractivity contribution is 5.36. The van der Waals surface area contributed by atoms with E-state index in [0.29, 0.717) is 6.08 Å². The standard InChI is InChI=1S/C13H22N.CNO/c1-4-14(5-2,6-3)12-13-10-8-7-9-11-13;2-1-3/h7-11H,4-6,12H2,1-3H3;/q+1;-1. The van der Waals surface area contributed by atoms with Gasteiger partial charge in [0.15, 0.2) is 0 Å². The van der Waals surface area contributed by atoms with Gasteiger partial charge >= 0.3 is 0 Å². The summed E-state index contributed by atoms with van der Waals surface area (Å²) >= 11 is 0. The monoisotopic (exact) mass is 234 g/mol. The second-order valence-electron chi connectivity index (χ2n) is 4.03. The smallest absolute Gasteiger partial charge is 0.104 e. The predicted molar refractivity (Wildman–Crippen MR) is 71.1 cm³/mol. The first-order valence-corrected chi connectivity index (χ1v) is 6.08. The number of quaternary nitrogens is 1. The Morgan fingerprint density at radius 2 is 1.47 bits per heavy atom. The zero-order chi connectivity index (χ0) is 13.1. The summed E-state index contributed by atoms with van der Waals surface area (Å²) < 4.78 is 1.20. The van der Waals surface area contributed by atoms with Gasteiger partial charge in [-0.15, -0.1) is 0 Å². The largest absolute Gasteiger partial charge is 0.724 e. The Hall–Kier alpha value is -1.44. The van der Waals surface area contributed by atoms with Crippen molar-refractivity contribution in [2.45, 2.75) is 27.3 Å². The van der Waals surface area contributed by atoms with Gasteiger partial charge in [-0.1, -0.05) is 30.3 Å². The second-order valence-corrected chi connectivity index (χ2v) is 4.03. The lowest BCUT2D eigenvalue weighted by Gasteiger charge is -2.35. The van der Waals surface area contributed by atoms with Crippen LogP contribution in [0, 0.1) is 0 Å². The number of hydrogen-bond donors (Lipinski definition) is 0. The van der Waals surface area contributed by atoms with E-state index in [0.717, 1.165) is 0 Å². The number of hydrogen-bond acceptors (Lipinski definition) is 1. The summed E-state index contributed by atoms with van der Waals surface area (Å²) in [6.45, 7) is 11.7. The molecule has 17 heavy (non-hydrogen) atoms. The van der Waals surface area contributed by atoms with Crippen LogP contribution in [0.1, 0.15) is 26.3 Å². The van der Waals surface area contributed by atoms with Crippen LogP contribution in [0.5, 0.6) is 0 Å². The molecule has 1 aromatic carbocycles. The van der Waals surface area contributed by atoms with Gasteiger partial charge in [0.2, 0.25) is 0 Å². The molecule has 0 aliphatic heterocycles. The molecule has 3 heteroatoms. The molecule has 0 fully saturated rings. The van der Waals surface area contributed by atoms with E-state index >= 15 is 0 Å². The molecule has 0 bridgehead atoms. The minimum Gasteiger partial charge on any atom is -0.724 e. The second kappa shape index (κ2) is 8.68. The third kappa shape index (κ3) is 5.43. The molecule has 0 saturated heterocycles. The average Bonchev–Trinajstić information content (AvgIpc) is 2.38. The van der Waals surface area contributed by atoms with Crippen LogP contribution >= 0.6 is 0 Å². The maximum absolute atomic E-state index is 8.24. The third-order valence-corrected chi connectivity index (χ3v) is 3.37. The first kappa shape index (κ1) is 15.6. The molecule has 3 nitrogen and oxygen atoms in total. The number of nitrogens with zero attached hydrogens (tertiary/aromatic N) is 2. The van der Waals surface area contributed by atoms with E-state index in [9.17, 15) is 0 Å². The van der Waals surface area contributed by atoms with Crippen molar-refractivity contribution in [2.75, 3.05) is 19.6 Å². The summed E-state index contributed by atoms with van der Waals surface area (Å²) in [6.07, 6.45) is 0.500. The summed E-state index contributed by atoms with van der Waals surface area (Å²) in [5, 5.41) is 6.76. The van der Waals surface area contributed by atoms with E-state index in [4.69, 9.17) is 10.2 Å². The molecule has 0 saturated carbocycles. The van der Waals surface area contributed by atoms with Gasteiger partial charge in [0, 0.05) is 5.56 Å². The summed E-state index contributed by atoms with van der Waals surface area (Å²) in [6, 6.07) is 10.8. The zero-order valence-electron chi connectivity index (χ0n) is 11.0. The molecule has 0 spiro atoms. The Morgan fingerprint density at radius 1 is 1.06 bits per heavy atom. The van der Waals surface area contributed by atoms with Crippen molar-refractivity contribution in [2.24, 2.45) is 0 Å². The first-order valence-electron chi connectivity index (χ1n) is 6.08. The van der Waals surface area contributed by atoms with E-state index in [1.54, 1.807) is 0 Å². The molecule has 0 amide bonds. The normalized spacial score (nSPS) is 10.1. The lowest BCUT2D eigenvalue weighted by molar-refractivity contribution is -0.936. The van der Waals surface area contributed by atoms with Crippen LogP contribution in [0.4, 0.5) is 0 Å². The SMILES string of the molecule is CC[N+](CC)(CC)Cc1ccccc1.[N-]=C=O. The Bertz CT molecular complexity index is 317. The molecule has 0 unspecified atom stereocenters. The lowest BCUT2D eigenvalue weighted by Crippen LogP contribution is -2.46. The van der Waals surface area contributed by atoms with E-state index in [1.165, 1.54) is 36.2 Å². The molecular formula is C14H22N2O. The van der Waals surface area contributed by atoms with E-state index in [2.05, 4.69) is 51.1 Å². The highest BCUT2D eigenvalue weighted by Gasteiger charge is 2.20. The zero-order valence-corrected chi connectivity index (χ0v) is 11.0. The van der Waals surface area contributed by atoms with Gasteiger partial charge in [-0.05, 0) is 26.9 Å². The average molecular weight is 234 g/mol. The highest BCUT2D eigenvalue weighted by Crippen LogP contribution is 2.13. The van der Waals surface area contributed by atoms with Crippen LogP contribution in [-0.4, -0.2) is 30.2 Å². The molecule has 1 rings (SSSR count). The topological polar surface area (TPSA) is 39.4 Å². The molecule has 0 aliphatic rings. The van der Waals surface area contributed by atoms with Crippen molar-refractivity contribution in [1.29, 1.82) is 0 Å². The molecule has 94 valence electrons. The maximum Gasteiger partial charge on any atom is 0.104 e. The highest BCUT2D eigenvalue weighted by atomic mass is 16.1. The van der Waals surface area contributed by atoms with Crippen molar-refractivity contribution in [3.63, 3.8) is 0 Å². The van der Waals surface area contributed by atoms with Crippen molar-refractivity contribution in [1.82, 2.24) is 0 Å². The molecule has 0 heterocycles. The fourth-order valence-electron chi connectivity index (χ4n) is 1.98. The molecular weight excluding hydrogens is 212 g/mol. The number of carbonyl (C=O) groups excluding carboxylic acids is 1. The third-order valence-electron chi connectivity index (χ3n) is 3.37. The fourth-order valence-corrected chi connectivity index (χ4v) is 1.98. The van der Waals surface area contributed by atoms with Gasteiger partial charge in [-0.2, -0.15) is 0 Å². The van der Waals surface area contributed by atoms with Crippen molar-refractivity contribution < 1.29 is 9.28 Å². The van der Waals surface area contributed by atoms with Crippen molar-refractivity contribution >= 4 is 6.08 Å². The van der Waals surface area contributed by atoms with Gasteiger partial charge in [0.05, 0.1) is 19.6 Å². The maximum atomic E-state index is 8.24. The quantitative estimate of drug-likeness (QED) is 0.438. The molecule has 0 N–H and O–H groups in total. The summed E-state index contributed by atoms with van der Waals surface area (Å²) in [4.78, 5) is 8.24. The van der Waals surface area contributed by atoms with Crippen molar-refractivity contribution in [3.8, 4) is 0 Å². The van der Waals surface area contributed by atoms with Gasteiger partial charge in [0.1, 0.15) is 6.54 Å². The van der Waals surface area contributed by atoms with Gasteiger partial charge in [0.25, 0.3) is 0 Å². The molecule has 0 aromatic heterocycles. The van der Waals surface area contributed by atoms with Gasteiger partial charge in [-0.25, -0.2) is 0 Å². The van der Waals surface area contributed by atoms with Gasteiger partial charge in [-0.3, -0.25) is 4.79 Å². The number of isocyanates is 1. The van der Waals surface area contributed by atoms with E-state index in [1.807, 2.05) is 0 Å². The number of rotatable bonds is 5. The van der Waals surface area contributed by atoms with Gasteiger partial charge < -0.3 is 9.89 Å². The Kier molecular flexibility index (Phi) is 7.95. The van der Waals surface area contributed by atoms with Crippen LogP contribution in [-0.2, 0) is 11.3 Å². The minimum atomic E-state index is 0.500. The van der Waals surface area contributed by atoms with Crippen LogP contribution in [0.2, 0.25) is 0 Å². The Labute approximate surface area is 104 Å². The Morgan fingerprint density at radius 3 is 1.82 bits per heavy atom. The van der Waals surface area contributed by atoms with E-state index < -0.39 is 0 Å². The molecule has 1 aromatic rings. The minimum absolute atomic E-state index is 0.500. The predicted octanol–water partition coefficient (Wildman–Crippen LogP) is 2.95. The molecule has 0 aliphatic carbocycles. The summed E-state index contributed by atoms with van der Waals surface area (Å²) in [7, 11) is 0. The summed E-state index contributed by atoms with van der Waals surface area (Å²) in [5.41, 5.74) is 1.46. The van der Waals surface area contributed by atoms with Crippen LogP contribution < -0.4 is 0 Å². The van der Waals surface area contributed by atoms with Crippen LogP contribution in [0.25, 0.3) is 5.41 Å². The number of benzene rings is 1. The summed E-state index contributed by atoms with van der Waals surface area (Å²) in [5.74, 6) is 0. The molecule has 0 radical (unpaired) electrons. The first-order chi connectivity index (χ1) is 8.17. The Balaban J connectivity index is 0.000000770.